The molecule has 0 amide bonds. The molecule has 0 aromatic rings. The van der Waals surface area contributed by atoms with Gasteiger partial charge in [0.2, 0.25) is 5.78 Å². The molecule has 6 heteroatoms. The lowest BCUT2D eigenvalue weighted by Crippen LogP contribution is -2.25. The number of carboxylic acids is 2. The molecule has 0 aromatic heterocycles. The van der Waals surface area contributed by atoms with Crippen LogP contribution in [0.25, 0.3) is 0 Å². The third kappa shape index (κ3) is 3.09. The lowest BCUT2D eigenvalue weighted by atomic mass is 10.2. The van der Waals surface area contributed by atoms with Crippen LogP contribution in [-0.2, 0) is 19.2 Å². The van der Waals surface area contributed by atoms with Gasteiger partial charge in [0.1, 0.15) is 6.42 Å². The van der Waals surface area contributed by atoms with Crippen LogP contribution in [0.15, 0.2) is 0 Å². The van der Waals surface area contributed by atoms with Gasteiger partial charge in [-0.15, -0.1) is 0 Å². The van der Waals surface area contributed by atoms with Crippen molar-refractivity contribution in [3.8, 4) is 0 Å². The average Bonchev–Trinajstić information content (AvgIpc) is 1.84. The standard InChI is InChI=1S/C5H4O6/c6-2(1-3(7)8)4(9)5(10)11/h1H2,(H,7,8)(H,10,11). The molecule has 0 fully saturated rings. The Morgan fingerprint density at radius 3 is 1.73 bits per heavy atom. The molecular formula is C5H4O6. The summed E-state index contributed by atoms with van der Waals surface area (Å²) in [6.07, 6.45) is -1.08. The van der Waals surface area contributed by atoms with Crippen LogP contribution in [0.3, 0.4) is 0 Å². The van der Waals surface area contributed by atoms with Crippen molar-refractivity contribution >= 4 is 23.5 Å². The van der Waals surface area contributed by atoms with Gasteiger partial charge in [-0.2, -0.15) is 0 Å². The van der Waals surface area contributed by atoms with Crippen molar-refractivity contribution in [3.05, 3.63) is 0 Å². The van der Waals surface area contributed by atoms with Gasteiger partial charge in [-0.1, -0.05) is 0 Å². The van der Waals surface area contributed by atoms with E-state index in [1.54, 1.807) is 0 Å². The van der Waals surface area contributed by atoms with Crippen LogP contribution in [0.5, 0.6) is 0 Å². The van der Waals surface area contributed by atoms with Gasteiger partial charge in [-0.05, 0) is 0 Å². The summed E-state index contributed by atoms with van der Waals surface area (Å²) in [5.74, 6) is -6.58. The van der Waals surface area contributed by atoms with Gasteiger partial charge in [0.05, 0.1) is 0 Å². The van der Waals surface area contributed by atoms with Crippen LogP contribution in [-0.4, -0.2) is 33.7 Å². The van der Waals surface area contributed by atoms with Crippen molar-refractivity contribution in [1.29, 1.82) is 0 Å². The van der Waals surface area contributed by atoms with E-state index in [2.05, 4.69) is 0 Å². The van der Waals surface area contributed by atoms with Crippen molar-refractivity contribution in [2.75, 3.05) is 0 Å². The highest BCUT2D eigenvalue weighted by Gasteiger charge is 2.23. The molecule has 0 aliphatic carbocycles. The molecule has 0 aliphatic rings. The number of hydrogen-bond donors (Lipinski definition) is 2. The van der Waals surface area contributed by atoms with Crippen molar-refractivity contribution in [1.82, 2.24) is 0 Å². The molecular weight excluding hydrogens is 156 g/mol. The Kier molecular flexibility index (Phi) is 2.91. The summed E-state index contributed by atoms with van der Waals surface area (Å²) in [6, 6.07) is 0. The van der Waals surface area contributed by atoms with Crippen LogP contribution >= 0.6 is 0 Å². The number of rotatable bonds is 4. The molecule has 2 N–H and O–H groups in total. The van der Waals surface area contributed by atoms with Gasteiger partial charge < -0.3 is 10.2 Å². The molecule has 60 valence electrons. The Morgan fingerprint density at radius 2 is 1.45 bits per heavy atom. The molecule has 0 spiro atoms. The molecule has 0 saturated heterocycles. The van der Waals surface area contributed by atoms with E-state index >= 15 is 0 Å². The number of carbonyl (C=O) groups excluding carboxylic acids is 2. The normalized spacial score (nSPS) is 8.73. The van der Waals surface area contributed by atoms with Gasteiger partial charge in [0.15, 0.2) is 0 Å². The first-order valence-corrected chi connectivity index (χ1v) is 2.47. The number of hydrogen-bond acceptors (Lipinski definition) is 4. The summed E-state index contributed by atoms with van der Waals surface area (Å²) in [6.45, 7) is 0. The van der Waals surface area contributed by atoms with Gasteiger partial charge in [-0.25, -0.2) is 4.79 Å². The number of carboxylic acid groups (broad SMARTS) is 2. The van der Waals surface area contributed by atoms with Crippen molar-refractivity contribution in [3.63, 3.8) is 0 Å². The molecule has 0 aromatic carbocycles. The number of ketones is 2. The highest BCUT2D eigenvalue weighted by Crippen LogP contribution is 1.85. The maximum absolute atomic E-state index is 10.3. The molecule has 0 bridgehead atoms. The second kappa shape index (κ2) is 3.45. The zero-order chi connectivity index (χ0) is 9.02. The topological polar surface area (TPSA) is 109 Å². The highest BCUT2D eigenvalue weighted by atomic mass is 16.4. The summed E-state index contributed by atoms with van der Waals surface area (Å²) in [5, 5.41) is 15.9. The molecule has 0 atom stereocenters. The Bertz CT molecular complexity index is 227. The predicted molar refractivity (Wildman–Crippen MR) is 29.9 cm³/mol. The largest absolute Gasteiger partial charge is 0.481 e. The molecule has 6 nitrogen and oxygen atoms in total. The average molecular weight is 160 g/mol. The second-order valence-electron chi connectivity index (χ2n) is 1.63. The second-order valence-corrected chi connectivity index (χ2v) is 1.63. The molecule has 0 unspecified atom stereocenters. The lowest BCUT2D eigenvalue weighted by Gasteiger charge is -1.88. The van der Waals surface area contributed by atoms with E-state index in [1.165, 1.54) is 0 Å². The van der Waals surface area contributed by atoms with E-state index in [-0.39, 0.29) is 0 Å². The predicted octanol–water partition coefficient (Wildman–Crippen LogP) is -1.32. The van der Waals surface area contributed by atoms with Crippen LogP contribution in [0.1, 0.15) is 6.42 Å². The zero-order valence-electron chi connectivity index (χ0n) is 5.23. The minimum atomic E-state index is -1.93. The third-order valence-corrected chi connectivity index (χ3v) is 0.759. The first kappa shape index (κ1) is 9.28. The monoisotopic (exact) mass is 160 g/mol. The number of aliphatic carboxylic acids is 2. The summed E-state index contributed by atoms with van der Waals surface area (Å²) in [5.41, 5.74) is 0. The minimum Gasteiger partial charge on any atom is -0.481 e. The van der Waals surface area contributed by atoms with E-state index in [0.29, 0.717) is 0 Å². The van der Waals surface area contributed by atoms with E-state index in [4.69, 9.17) is 10.2 Å². The van der Waals surface area contributed by atoms with E-state index in [9.17, 15) is 19.2 Å². The van der Waals surface area contributed by atoms with Crippen LogP contribution in [0, 0.1) is 0 Å². The van der Waals surface area contributed by atoms with Crippen LogP contribution in [0.2, 0.25) is 0 Å². The van der Waals surface area contributed by atoms with Gasteiger partial charge in [-0.3, -0.25) is 14.4 Å². The Morgan fingerprint density at radius 1 is 1.00 bits per heavy atom. The summed E-state index contributed by atoms with van der Waals surface area (Å²) in [7, 11) is 0. The van der Waals surface area contributed by atoms with Gasteiger partial charge in [0.25, 0.3) is 0 Å². The number of carbonyl (C=O) groups is 4. The van der Waals surface area contributed by atoms with E-state index < -0.39 is 29.9 Å². The Balaban J connectivity index is 4.16. The fourth-order valence-electron chi connectivity index (χ4n) is 0.337. The van der Waals surface area contributed by atoms with Crippen molar-refractivity contribution in [2.24, 2.45) is 0 Å². The Labute approximate surface area is 60.4 Å². The fourth-order valence-corrected chi connectivity index (χ4v) is 0.337. The van der Waals surface area contributed by atoms with Crippen LogP contribution in [0.4, 0.5) is 0 Å². The molecule has 0 saturated carbocycles. The van der Waals surface area contributed by atoms with Gasteiger partial charge >= 0.3 is 17.7 Å². The molecule has 0 radical (unpaired) electrons. The van der Waals surface area contributed by atoms with Crippen molar-refractivity contribution in [2.45, 2.75) is 6.42 Å². The first-order chi connectivity index (χ1) is 4.95. The molecule has 0 heterocycles. The third-order valence-electron chi connectivity index (χ3n) is 0.759. The summed E-state index contributed by atoms with van der Waals surface area (Å²) >= 11 is 0. The maximum atomic E-state index is 10.3. The first-order valence-electron chi connectivity index (χ1n) is 2.47. The summed E-state index contributed by atoms with van der Waals surface area (Å²) in [4.78, 5) is 40.0. The fraction of sp³-hybridized carbons (Fsp3) is 0.200. The number of Topliss-reactive ketones (excluding diaryl/α,β-unsaturated/α-hetero) is 2. The molecule has 0 rings (SSSR count). The molecule has 11 heavy (non-hydrogen) atoms. The zero-order valence-corrected chi connectivity index (χ0v) is 5.23. The van der Waals surface area contributed by atoms with Gasteiger partial charge in [0, 0.05) is 0 Å². The summed E-state index contributed by atoms with van der Waals surface area (Å²) < 4.78 is 0. The Hall–Kier alpha value is -1.72. The van der Waals surface area contributed by atoms with Crippen molar-refractivity contribution < 1.29 is 29.4 Å². The quantitative estimate of drug-likeness (QED) is 0.390. The van der Waals surface area contributed by atoms with E-state index in [1.807, 2.05) is 0 Å². The van der Waals surface area contributed by atoms with Crippen LogP contribution < -0.4 is 0 Å². The lowest BCUT2D eigenvalue weighted by molar-refractivity contribution is -0.154. The minimum absolute atomic E-state index is 1.08. The smallest absolute Gasteiger partial charge is 0.380 e. The van der Waals surface area contributed by atoms with E-state index in [0.717, 1.165) is 0 Å². The maximum Gasteiger partial charge on any atom is 0.380 e. The molecule has 0 aliphatic heterocycles. The highest BCUT2D eigenvalue weighted by molar-refractivity contribution is 6.62. The SMILES string of the molecule is O=C(O)CC(=O)C(=O)C(=O)O.